The Morgan fingerprint density at radius 3 is 2.14 bits per heavy atom. The molecule has 4 atom stereocenters. The Morgan fingerprint density at radius 1 is 0.972 bits per heavy atom. The predicted molar refractivity (Wildman–Crippen MR) is 137 cm³/mol. The monoisotopic (exact) mass is 498 g/mol. The molecule has 0 aromatic heterocycles. The summed E-state index contributed by atoms with van der Waals surface area (Å²) in [6.07, 6.45) is -0.632. The van der Waals surface area contributed by atoms with Gasteiger partial charge in [-0.3, -0.25) is 0 Å². The first-order valence-corrected chi connectivity index (χ1v) is 12.5. The number of carbonyl (C=O) groups excluding carboxylic acids is 2. The molecule has 196 valence electrons. The van der Waals surface area contributed by atoms with Gasteiger partial charge in [0.25, 0.3) is 0 Å². The summed E-state index contributed by atoms with van der Waals surface area (Å²) >= 11 is 0. The number of alkyl carbamates (subject to hydrolysis) is 2. The maximum Gasteiger partial charge on any atom is 0.407 e. The second-order valence-electron chi connectivity index (χ2n) is 10.2. The molecule has 0 saturated carbocycles. The molecule has 1 heterocycles. The van der Waals surface area contributed by atoms with Crippen LogP contribution in [0.5, 0.6) is 0 Å². The Balaban J connectivity index is 1.72. The number of rotatable bonds is 10. The zero-order chi connectivity index (χ0) is 26.0. The normalized spacial score (nSPS) is 18.1. The van der Waals surface area contributed by atoms with Gasteiger partial charge in [0.15, 0.2) is 0 Å². The SMILES string of the molecule is CC(C)(C)OC(=O)N[C@@H](Cc1ccccc1)C[C@H](O)[C@H](Cc1ccccc1)NC(=O)O[C@H]1CCOC1. The molecule has 1 fully saturated rings. The lowest BCUT2D eigenvalue weighted by Crippen LogP contribution is -2.49. The lowest BCUT2D eigenvalue weighted by atomic mass is 9.94. The Hall–Kier alpha value is -3.10. The molecule has 1 saturated heterocycles. The lowest BCUT2D eigenvalue weighted by Gasteiger charge is -2.29. The fraction of sp³-hybridized carbons (Fsp3) is 0.500. The van der Waals surface area contributed by atoms with E-state index in [1.807, 2.05) is 60.7 Å². The second kappa shape index (κ2) is 13.3. The third-order valence-corrected chi connectivity index (χ3v) is 5.80. The molecule has 0 spiro atoms. The average Bonchev–Trinajstić information content (AvgIpc) is 3.31. The van der Waals surface area contributed by atoms with Gasteiger partial charge in [0.1, 0.15) is 11.7 Å². The number of ether oxygens (including phenoxy) is 3. The number of amides is 2. The van der Waals surface area contributed by atoms with Crippen LogP contribution < -0.4 is 10.6 Å². The largest absolute Gasteiger partial charge is 0.444 e. The van der Waals surface area contributed by atoms with Crippen LogP contribution >= 0.6 is 0 Å². The minimum absolute atomic E-state index is 0.207. The minimum Gasteiger partial charge on any atom is -0.444 e. The fourth-order valence-corrected chi connectivity index (χ4v) is 4.12. The number of carbonyl (C=O) groups is 2. The molecule has 0 aliphatic carbocycles. The first-order chi connectivity index (χ1) is 17.2. The summed E-state index contributed by atoms with van der Waals surface area (Å²) in [5.74, 6) is 0. The van der Waals surface area contributed by atoms with E-state index in [1.165, 1.54) is 0 Å². The summed E-state index contributed by atoms with van der Waals surface area (Å²) < 4.78 is 16.2. The molecular formula is C28H38N2O6. The van der Waals surface area contributed by atoms with Gasteiger partial charge in [-0.25, -0.2) is 9.59 Å². The van der Waals surface area contributed by atoms with Crippen LogP contribution in [-0.4, -0.2) is 60.4 Å². The van der Waals surface area contributed by atoms with E-state index < -0.39 is 36.0 Å². The topological polar surface area (TPSA) is 106 Å². The Kier molecular flexibility index (Phi) is 10.1. The molecule has 3 N–H and O–H groups in total. The molecule has 0 unspecified atom stereocenters. The highest BCUT2D eigenvalue weighted by Gasteiger charge is 2.29. The quantitative estimate of drug-likeness (QED) is 0.457. The highest BCUT2D eigenvalue weighted by atomic mass is 16.6. The number of hydrogen-bond donors (Lipinski definition) is 3. The van der Waals surface area contributed by atoms with Crippen LogP contribution in [0.2, 0.25) is 0 Å². The van der Waals surface area contributed by atoms with Crippen LogP contribution in [0.3, 0.4) is 0 Å². The van der Waals surface area contributed by atoms with Crippen LogP contribution in [0, 0.1) is 0 Å². The van der Waals surface area contributed by atoms with E-state index in [2.05, 4.69) is 10.6 Å². The third-order valence-electron chi connectivity index (χ3n) is 5.80. The van der Waals surface area contributed by atoms with E-state index in [1.54, 1.807) is 20.8 Å². The number of aliphatic hydroxyl groups excluding tert-OH is 1. The van der Waals surface area contributed by atoms with E-state index in [0.29, 0.717) is 32.5 Å². The molecular weight excluding hydrogens is 460 g/mol. The zero-order valence-electron chi connectivity index (χ0n) is 21.3. The van der Waals surface area contributed by atoms with E-state index in [-0.39, 0.29) is 12.5 Å². The van der Waals surface area contributed by atoms with Crippen LogP contribution in [-0.2, 0) is 27.1 Å². The van der Waals surface area contributed by atoms with Crippen molar-refractivity contribution in [2.75, 3.05) is 13.2 Å². The summed E-state index contributed by atoms with van der Waals surface area (Å²) in [6.45, 7) is 6.33. The summed E-state index contributed by atoms with van der Waals surface area (Å²) in [4.78, 5) is 25.2. The minimum atomic E-state index is -0.957. The molecule has 8 nitrogen and oxygen atoms in total. The summed E-state index contributed by atoms with van der Waals surface area (Å²) in [5, 5.41) is 17.0. The van der Waals surface area contributed by atoms with E-state index >= 15 is 0 Å². The van der Waals surface area contributed by atoms with Gasteiger partial charge in [0.05, 0.1) is 25.4 Å². The first-order valence-electron chi connectivity index (χ1n) is 12.5. The highest BCUT2D eigenvalue weighted by Crippen LogP contribution is 2.16. The summed E-state index contributed by atoms with van der Waals surface area (Å²) in [5.41, 5.74) is 1.33. The van der Waals surface area contributed by atoms with Gasteiger partial charge in [0, 0.05) is 12.5 Å². The molecule has 1 aliphatic heterocycles. The zero-order valence-corrected chi connectivity index (χ0v) is 21.3. The molecule has 2 aromatic carbocycles. The molecule has 36 heavy (non-hydrogen) atoms. The van der Waals surface area contributed by atoms with Gasteiger partial charge in [-0.15, -0.1) is 0 Å². The van der Waals surface area contributed by atoms with E-state index in [4.69, 9.17) is 14.2 Å². The van der Waals surface area contributed by atoms with Crippen LogP contribution in [0.15, 0.2) is 60.7 Å². The number of benzene rings is 2. The number of nitrogens with one attached hydrogen (secondary N) is 2. The van der Waals surface area contributed by atoms with E-state index in [0.717, 1.165) is 11.1 Å². The van der Waals surface area contributed by atoms with Gasteiger partial charge >= 0.3 is 12.2 Å². The van der Waals surface area contributed by atoms with Gasteiger partial charge in [-0.2, -0.15) is 0 Å². The average molecular weight is 499 g/mol. The van der Waals surface area contributed by atoms with Crippen LogP contribution in [0.25, 0.3) is 0 Å². The molecule has 8 heteroatoms. The first kappa shape index (κ1) is 27.5. The Labute approximate surface area is 213 Å². The molecule has 2 aromatic rings. The highest BCUT2D eigenvalue weighted by molar-refractivity contribution is 5.68. The smallest absolute Gasteiger partial charge is 0.407 e. The van der Waals surface area contributed by atoms with Gasteiger partial charge in [-0.1, -0.05) is 60.7 Å². The van der Waals surface area contributed by atoms with Gasteiger partial charge in [-0.05, 0) is 51.2 Å². The third kappa shape index (κ3) is 9.87. The molecule has 0 radical (unpaired) electrons. The van der Waals surface area contributed by atoms with E-state index in [9.17, 15) is 14.7 Å². The molecule has 1 aliphatic rings. The number of aliphatic hydroxyl groups is 1. The van der Waals surface area contributed by atoms with Crippen LogP contribution in [0.4, 0.5) is 9.59 Å². The van der Waals surface area contributed by atoms with Crippen molar-refractivity contribution in [3.63, 3.8) is 0 Å². The van der Waals surface area contributed by atoms with Crippen molar-refractivity contribution in [2.24, 2.45) is 0 Å². The fourth-order valence-electron chi connectivity index (χ4n) is 4.12. The van der Waals surface area contributed by atoms with Gasteiger partial charge < -0.3 is 30.0 Å². The van der Waals surface area contributed by atoms with Crippen molar-refractivity contribution in [1.29, 1.82) is 0 Å². The Morgan fingerprint density at radius 2 is 1.58 bits per heavy atom. The van der Waals surface area contributed by atoms with Crippen molar-refractivity contribution < 1.29 is 28.9 Å². The van der Waals surface area contributed by atoms with Crippen molar-refractivity contribution >= 4 is 12.2 Å². The summed E-state index contributed by atoms with van der Waals surface area (Å²) in [6, 6.07) is 18.3. The van der Waals surface area contributed by atoms with Crippen molar-refractivity contribution in [1.82, 2.24) is 10.6 Å². The molecule has 3 rings (SSSR count). The molecule has 0 bridgehead atoms. The summed E-state index contributed by atoms with van der Waals surface area (Å²) in [7, 11) is 0. The maximum atomic E-state index is 12.6. The predicted octanol–water partition coefficient (Wildman–Crippen LogP) is 4.00. The lowest BCUT2D eigenvalue weighted by molar-refractivity contribution is 0.0452. The maximum absolute atomic E-state index is 12.6. The van der Waals surface area contributed by atoms with Crippen molar-refractivity contribution in [2.45, 2.75) is 76.3 Å². The Bertz CT molecular complexity index is 942. The second-order valence-corrected chi connectivity index (χ2v) is 10.2. The standard InChI is InChI=1S/C28H38N2O6/c1-28(2,3)36-27(33)29-22(16-20-10-6-4-7-11-20)18-25(31)24(17-21-12-8-5-9-13-21)30-26(32)35-23-14-15-34-19-23/h4-13,22-25,31H,14-19H2,1-3H3,(H,29,33)(H,30,32)/t22-,23-,24-,25-/m0/s1. The van der Waals surface area contributed by atoms with Crippen molar-refractivity contribution in [3.05, 3.63) is 71.8 Å². The molecule has 2 amide bonds. The van der Waals surface area contributed by atoms with Crippen LogP contribution in [0.1, 0.15) is 44.7 Å². The van der Waals surface area contributed by atoms with Crippen molar-refractivity contribution in [3.8, 4) is 0 Å². The van der Waals surface area contributed by atoms with Gasteiger partial charge in [0.2, 0.25) is 0 Å². The number of hydrogen-bond acceptors (Lipinski definition) is 6.